The van der Waals surface area contributed by atoms with Crippen LogP contribution in [0.2, 0.25) is 0 Å². The van der Waals surface area contributed by atoms with Crippen molar-refractivity contribution in [2.45, 2.75) is 74.1 Å². The van der Waals surface area contributed by atoms with Gasteiger partial charge in [-0.15, -0.1) is 0 Å². The fourth-order valence-electron chi connectivity index (χ4n) is 5.56. The summed E-state index contributed by atoms with van der Waals surface area (Å²) in [5.74, 6) is 0.607. The Labute approximate surface area is 272 Å². The number of amides is 1. The third kappa shape index (κ3) is 10.7. The monoisotopic (exact) mass is 606 g/mol. The maximum atomic E-state index is 13.2. The average molecular weight is 607 g/mol. The number of carbonyl (C=O) groups excluding carboxylic acids is 1. The molecule has 0 saturated heterocycles. The number of hydrogen-bond acceptors (Lipinski definition) is 4. The molecule has 45 heavy (non-hydrogen) atoms. The average Bonchev–Trinajstić information content (AvgIpc) is 3.13. The topological polar surface area (TPSA) is 59.7 Å². The standard InChI is InChI=1S/C40H54N4O/c1-12-17-32(27-41)23-33(14-3)34-24-35-39(36(25-34)43(15-4)21-13-2)38(31(8)19-20-42-35)30(7)18-16-22-44(28-29(5)6)37(45)26-40(9,10)11/h12,14,17,19-20,23-25,29H,1,3,7-8,13,15-16,18,21-22,26,28H2,2,4-6,9-11H3/b32-17+,33-23+. The van der Waals surface area contributed by atoms with E-state index < -0.39 is 0 Å². The Hall–Kier alpha value is -4.17. The Balaban J connectivity index is 2.70. The van der Waals surface area contributed by atoms with Gasteiger partial charge in [0.05, 0.1) is 17.0 Å². The molecular formula is C40H54N4O. The first-order chi connectivity index (χ1) is 21.3. The molecule has 5 nitrogen and oxygen atoms in total. The van der Waals surface area contributed by atoms with Gasteiger partial charge >= 0.3 is 0 Å². The van der Waals surface area contributed by atoms with E-state index in [4.69, 9.17) is 4.99 Å². The molecule has 0 aromatic heterocycles. The molecule has 0 atom stereocenters. The number of nitriles is 1. The third-order valence-electron chi connectivity index (χ3n) is 7.54. The van der Waals surface area contributed by atoms with Crippen LogP contribution in [0.15, 0.2) is 96.7 Å². The van der Waals surface area contributed by atoms with Crippen LogP contribution in [0.1, 0.15) is 79.7 Å². The van der Waals surface area contributed by atoms with Gasteiger partial charge in [-0.1, -0.05) is 80.0 Å². The normalized spacial score (nSPS) is 13.5. The summed E-state index contributed by atoms with van der Waals surface area (Å²) in [5.41, 5.74) is 6.10. The Bertz CT molecular complexity index is 1540. The van der Waals surface area contributed by atoms with Crippen molar-refractivity contribution in [1.29, 1.82) is 5.26 Å². The van der Waals surface area contributed by atoms with Crippen LogP contribution >= 0.6 is 0 Å². The molecule has 0 aliphatic carbocycles. The molecule has 1 heterocycles. The van der Waals surface area contributed by atoms with E-state index in [0.29, 0.717) is 24.5 Å². The molecule has 2 rings (SSSR count). The van der Waals surface area contributed by atoms with Gasteiger partial charge in [-0.2, -0.15) is 5.26 Å². The molecule has 0 fully saturated rings. The number of anilines is 1. The third-order valence-corrected chi connectivity index (χ3v) is 7.54. The zero-order chi connectivity index (χ0) is 33.7. The second kappa shape index (κ2) is 17.4. The van der Waals surface area contributed by atoms with Crippen molar-refractivity contribution in [3.05, 3.63) is 108 Å². The molecule has 0 saturated carbocycles. The van der Waals surface area contributed by atoms with Gasteiger partial charge in [0.25, 0.3) is 0 Å². The molecule has 0 bridgehead atoms. The second-order valence-corrected chi connectivity index (χ2v) is 13.3. The number of carbonyl (C=O) groups is 1. The lowest BCUT2D eigenvalue weighted by molar-refractivity contribution is -0.133. The lowest BCUT2D eigenvalue weighted by Crippen LogP contribution is -2.38. The molecule has 1 amide bonds. The van der Waals surface area contributed by atoms with E-state index in [1.165, 1.54) is 0 Å². The van der Waals surface area contributed by atoms with Gasteiger partial charge in [0, 0.05) is 49.7 Å². The van der Waals surface area contributed by atoms with Gasteiger partial charge in [0.15, 0.2) is 0 Å². The summed E-state index contributed by atoms with van der Waals surface area (Å²) in [7, 11) is 0. The van der Waals surface area contributed by atoms with Crippen LogP contribution in [0.25, 0.3) is 11.1 Å². The van der Waals surface area contributed by atoms with Gasteiger partial charge < -0.3 is 9.80 Å². The summed E-state index contributed by atoms with van der Waals surface area (Å²) in [4.78, 5) is 22.5. The van der Waals surface area contributed by atoms with Gasteiger partial charge in [0.1, 0.15) is 0 Å². The zero-order valence-corrected chi connectivity index (χ0v) is 28.9. The number of hydrogen-bond donors (Lipinski definition) is 0. The summed E-state index contributed by atoms with van der Waals surface area (Å²) in [5, 5.41) is 11.5. The van der Waals surface area contributed by atoms with Crippen LogP contribution in [0.5, 0.6) is 0 Å². The smallest absolute Gasteiger partial charge is 0.223 e. The van der Waals surface area contributed by atoms with Crippen molar-refractivity contribution in [3.63, 3.8) is 0 Å². The highest BCUT2D eigenvalue weighted by atomic mass is 16.2. The first kappa shape index (κ1) is 37.0. The van der Waals surface area contributed by atoms with E-state index in [-0.39, 0.29) is 11.3 Å². The second-order valence-electron chi connectivity index (χ2n) is 13.3. The number of allylic oxidation sites excluding steroid dienone is 9. The van der Waals surface area contributed by atoms with Gasteiger partial charge in [0.2, 0.25) is 5.91 Å². The van der Waals surface area contributed by atoms with E-state index in [1.807, 2.05) is 17.1 Å². The van der Waals surface area contributed by atoms with E-state index in [0.717, 1.165) is 83.0 Å². The van der Waals surface area contributed by atoms with Gasteiger partial charge in [-0.05, 0) is 95.7 Å². The molecule has 5 heteroatoms. The maximum Gasteiger partial charge on any atom is 0.223 e. The molecule has 0 unspecified atom stereocenters. The van der Waals surface area contributed by atoms with E-state index >= 15 is 0 Å². The highest BCUT2D eigenvalue weighted by Gasteiger charge is 2.22. The zero-order valence-electron chi connectivity index (χ0n) is 28.9. The van der Waals surface area contributed by atoms with Gasteiger partial charge in [-0.3, -0.25) is 9.79 Å². The van der Waals surface area contributed by atoms with Crippen molar-refractivity contribution >= 4 is 22.7 Å². The van der Waals surface area contributed by atoms with Crippen LogP contribution in [-0.2, 0) is 4.79 Å². The number of benzene rings is 1. The summed E-state index contributed by atoms with van der Waals surface area (Å²) in [6.07, 6.45) is 13.7. The maximum absolute atomic E-state index is 13.2. The minimum Gasteiger partial charge on any atom is -0.371 e. The Morgan fingerprint density at radius 1 is 1.16 bits per heavy atom. The minimum atomic E-state index is -0.0545. The highest BCUT2D eigenvalue weighted by Crippen LogP contribution is 2.28. The van der Waals surface area contributed by atoms with Crippen LogP contribution in [0.4, 0.5) is 5.69 Å². The Kier molecular flexibility index (Phi) is 14.3. The molecule has 0 N–H and O–H groups in total. The first-order valence-corrected chi connectivity index (χ1v) is 16.2. The highest BCUT2D eigenvalue weighted by molar-refractivity contribution is 5.85. The van der Waals surface area contributed by atoms with Crippen molar-refractivity contribution in [1.82, 2.24) is 4.90 Å². The van der Waals surface area contributed by atoms with E-state index in [1.54, 1.807) is 24.4 Å². The Morgan fingerprint density at radius 2 is 1.87 bits per heavy atom. The quantitative estimate of drug-likeness (QED) is 0.141. The van der Waals surface area contributed by atoms with Crippen LogP contribution < -0.4 is 15.5 Å². The van der Waals surface area contributed by atoms with Crippen LogP contribution in [0.3, 0.4) is 0 Å². The predicted octanol–water partition coefficient (Wildman–Crippen LogP) is 8.24. The molecule has 1 aliphatic rings. The summed E-state index contributed by atoms with van der Waals surface area (Å²) >= 11 is 0. The largest absolute Gasteiger partial charge is 0.371 e. The van der Waals surface area contributed by atoms with Crippen LogP contribution in [0, 0.1) is 22.7 Å². The van der Waals surface area contributed by atoms with Crippen LogP contribution in [-0.4, -0.2) is 37.0 Å². The fraction of sp³-hybridized carbons (Fsp3) is 0.425. The number of nitrogens with zero attached hydrogens (tertiary/aromatic N) is 4. The lowest BCUT2D eigenvalue weighted by atomic mass is 9.90. The van der Waals surface area contributed by atoms with E-state index in [9.17, 15) is 10.1 Å². The molecule has 240 valence electrons. The first-order valence-electron chi connectivity index (χ1n) is 16.2. The summed E-state index contributed by atoms with van der Waals surface area (Å²) in [6.45, 7) is 34.9. The minimum absolute atomic E-state index is 0.0545. The molecule has 0 radical (unpaired) electrons. The van der Waals surface area contributed by atoms with Crippen molar-refractivity contribution in [3.8, 4) is 6.07 Å². The van der Waals surface area contributed by atoms with Crippen molar-refractivity contribution < 1.29 is 4.79 Å². The molecule has 1 aliphatic heterocycles. The molecule has 0 spiro atoms. The number of rotatable bonds is 16. The lowest BCUT2D eigenvalue weighted by Gasteiger charge is -2.28. The Morgan fingerprint density at radius 3 is 2.42 bits per heavy atom. The molecular weight excluding hydrogens is 552 g/mol. The SMILES string of the molecule is C=C/C=C(C#N)\C=C(/C=C)c1cc(N(CC)CCC)c2c(c1)=NC=CC(=C)C=2C(=C)CCCN(CC(C)C)C(=O)CC(C)(C)C. The van der Waals surface area contributed by atoms with Gasteiger partial charge in [-0.25, -0.2) is 0 Å². The molecule has 1 aromatic rings. The summed E-state index contributed by atoms with van der Waals surface area (Å²) < 4.78 is 0. The fourth-order valence-corrected chi connectivity index (χ4v) is 5.56. The summed E-state index contributed by atoms with van der Waals surface area (Å²) in [6, 6.07) is 6.46. The predicted molar refractivity (Wildman–Crippen MR) is 193 cm³/mol. The van der Waals surface area contributed by atoms with Crippen molar-refractivity contribution in [2.75, 3.05) is 31.1 Å². The van der Waals surface area contributed by atoms with Crippen molar-refractivity contribution in [2.24, 2.45) is 16.3 Å². The van der Waals surface area contributed by atoms with E-state index in [2.05, 4.69) is 97.9 Å². The number of fused-ring (bicyclic) bond motifs is 1. The molecule has 1 aromatic carbocycles.